The molecular weight excluding hydrogens is 349 g/mol. The molecule has 0 bridgehead atoms. The Labute approximate surface area is 133 Å². The van der Waals surface area contributed by atoms with Crippen molar-refractivity contribution in [3.05, 3.63) is 36.5 Å². The van der Waals surface area contributed by atoms with Gasteiger partial charge in [-0.3, -0.25) is 0 Å². The number of hydrogen-bond acceptors (Lipinski definition) is 1. The Morgan fingerprint density at radius 1 is 1.20 bits per heavy atom. The van der Waals surface area contributed by atoms with E-state index < -0.39 is 22.9 Å². The molecule has 0 spiro atoms. The summed E-state index contributed by atoms with van der Waals surface area (Å²) < 4.78 is 14.2. The van der Waals surface area contributed by atoms with Crippen molar-refractivity contribution in [2.45, 2.75) is 55.7 Å². The molecule has 0 fully saturated rings. The number of para-hydroxylation sites is 1. The van der Waals surface area contributed by atoms with Crippen molar-refractivity contribution < 1.29 is 2.85 Å². The fourth-order valence-corrected chi connectivity index (χ4v) is 4.12. The zero-order valence-electron chi connectivity index (χ0n) is 12.6. The monoisotopic (exact) mass is 373 g/mol. The fourth-order valence-electron chi connectivity index (χ4n) is 2.91. The van der Waals surface area contributed by atoms with Gasteiger partial charge in [0.15, 0.2) is 0 Å². The molecule has 2 aromatic rings. The van der Waals surface area contributed by atoms with Crippen LogP contribution in [0.2, 0.25) is 3.67 Å². The van der Waals surface area contributed by atoms with Gasteiger partial charge in [0.05, 0.1) is 0 Å². The molecule has 0 N–H and O–H groups in total. The molecule has 2 atom stereocenters. The van der Waals surface area contributed by atoms with Gasteiger partial charge in [0.1, 0.15) is 0 Å². The molecule has 1 aromatic heterocycles. The molecule has 2 rings (SSSR count). The third-order valence-electron chi connectivity index (χ3n) is 4.04. The molecule has 106 valence electrons. The van der Waals surface area contributed by atoms with Gasteiger partial charge in [-0.25, -0.2) is 0 Å². The van der Waals surface area contributed by atoms with Gasteiger partial charge in [-0.2, -0.15) is 0 Å². The number of unbranched alkanes of at least 4 members (excludes halogenated alkanes) is 2. The van der Waals surface area contributed by atoms with Crippen molar-refractivity contribution in [3.63, 3.8) is 0 Å². The summed E-state index contributed by atoms with van der Waals surface area (Å²) in [5.41, 5.74) is 1.32. The Morgan fingerprint density at radius 2 is 2.00 bits per heavy atom. The first kappa shape index (κ1) is 15.8. The van der Waals surface area contributed by atoms with E-state index in [0.29, 0.717) is 9.72 Å². The van der Waals surface area contributed by atoms with Crippen molar-refractivity contribution in [2.75, 3.05) is 0 Å². The van der Waals surface area contributed by atoms with E-state index in [1.807, 2.05) is 0 Å². The van der Waals surface area contributed by atoms with Crippen LogP contribution < -0.4 is 0 Å². The second-order valence-electron chi connectivity index (χ2n) is 5.78. The zero-order valence-corrected chi connectivity index (χ0v) is 15.9. The van der Waals surface area contributed by atoms with Gasteiger partial charge < -0.3 is 0 Å². The molecule has 20 heavy (non-hydrogen) atoms. The summed E-state index contributed by atoms with van der Waals surface area (Å²) in [6, 6.07) is 11.3. The Hall–Kier alpha value is -0.570. The van der Waals surface area contributed by atoms with E-state index in [4.69, 9.17) is 0 Å². The number of hydrogen-bond donors (Lipinski definition) is 0. The van der Waals surface area contributed by atoms with Crippen LogP contribution in [-0.2, 0) is 2.85 Å². The molecule has 3 heteroatoms. The third-order valence-corrected chi connectivity index (χ3v) is 6.14. The summed E-state index contributed by atoms with van der Waals surface area (Å²) in [5, 5.41) is 1.31. The Kier molecular flexibility index (Phi) is 6.34. The van der Waals surface area contributed by atoms with E-state index >= 15 is 0 Å². The van der Waals surface area contributed by atoms with Crippen molar-refractivity contribution >= 4 is 33.8 Å². The minimum absolute atomic E-state index is 0.443. The molecule has 0 aliphatic heterocycles. The van der Waals surface area contributed by atoms with Gasteiger partial charge in [-0.05, 0) is 0 Å². The molecule has 0 saturated heterocycles. The first-order valence-corrected chi connectivity index (χ1v) is 11.0. The first-order chi connectivity index (χ1) is 9.76. The van der Waals surface area contributed by atoms with E-state index in [1.54, 1.807) is 0 Å². The molecule has 0 aliphatic rings. The fraction of sp³-hybridized carbons (Fsp3) is 0.529. The van der Waals surface area contributed by atoms with Crippen LogP contribution in [0.25, 0.3) is 10.9 Å². The van der Waals surface area contributed by atoms with Crippen molar-refractivity contribution in [1.82, 2.24) is 4.57 Å². The van der Waals surface area contributed by atoms with Crippen LogP contribution in [0.4, 0.5) is 0 Å². The minimum atomic E-state index is -1.57. The average molecular weight is 373 g/mol. The van der Waals surface area contributed by atoms with E-state index in [1.165, 1.54) is 36.6 Å². The van der Waals surface area contributed by atoms with Gasteiger partial charge in [0.2, 0.25) is 0 Å². The van der Waals surface area contributed by atoms with Crippen LogP contribution in [0.15, 0.2) is 36.5 Å². The van der Waals surface area contributed by atoms with E-state index in [2.05, 4.69) is 54.9 Å². The summed E-state index contributed by atoms with van der Waals surface area (Å²) in [7, 11) is 0. The van der Waals surface area contributed by atoms with Gasteiger partial charge in [0.25, 0.3) is 0 Å². The van der Waals surface area contributed by atoms with Crippen molar-refractivity contribution in [2.24, 2.45) is 0 Å². The van der Waals surface area contributed by atoms with Crippen LogP contribution in [0.1, 0.15) is 52.0 Å². The van der Waals surface area contributed by atoms with Crippen LogP contribution in [0.3, 0.4) is 0 Å². The number of fused-ring (bicyclic) bond motifs is 1. The van der Waals surface area contributed by atoms with Gasteiger partial charge in [0, 0.05) is 0 Å². The van der Waals surface area contributed by atoms with Crippen LogP contribution in [0.5, 0.6) is 0 Å². The van der Waals surface area contributed by atoms with Crippen molar-refractivity contribution in [3.8, 4) is 0 Å². The maximum atomic E-state index is 11.3. The molecule has 0 radical (unpaired) electrons. The third kappa shape index (κ3) is 3.97. The number of rotatable bonds is 8. The molecule has 0 saturated carbocycles. The molecule has 2 nitrogen and oxygen atoms in total. The molecule has 0 aliphatic carbocycles. The number of nitrogens with zero attached hydrogens (tertiary/aromatic N) is 1. The molecular formula is C17H24InNO. The average Bonchev–Trinajstić information content (AvgIpc) is 2.90. The van der Waals surface area contributed by atoms with E-state index in [-0.39, 0.29) is 0 Å². The molecule has 0 amide bonds. The summed E-state index contributed by atoms with van der Waals surface area (Å²) in [5.74, 6) is 0. The molecule has 2 unspecified atom stereocenters. The zero-order chi connectivity index (χ0) is 14.4. The Bertz CT molecular complexity index is 549. The maximum absolute atomic E-state index is 11.3. The first-order valence-electron chi connectivity index (χ1n) is 7.77. The summed E-state index contributed by atoms with van der Waals surface area (Å²) >= 11 is -1.57. The summed E-state index contributed by atoms with van der Waals surface area (Å²) in [6.07, 6.45) is 8.32. The number of benzene rings is 1. The van der Waals surface area contributed by atoms with E-state index in [9.17, 15) is 2.85 Å². The standard InChI is InChI=1S/C17H24N.In.O/c1-3-5-6-11-16(9-4-2)18-14-13-15-10-7-8-12-17(15)18;;/h4,7-8,10,12-14,16H,3,5-6,9,11H2,1-2H3;;. The topological polar surface area (TPSA) is 22.0 Å². The second kappa shape index (κ2) is 8.02. The molecule has 1 heterocycles. The van der Waals surface area contributed by atoms with Crippen LogP contribution >= 0.6 is 0 Å². The Balaban J connectivity index is 2.22. The summed E-state index contributed by atoms with van der Waals surface area (Å²) in [6.45, 7) is 4.41. The predicted molar refractivity (Wildman–Crippen MR) is 85.6 cm³/mol. The summed E-state index contributed by atoms with van der Waals surface area (Å²) in [4.78, 5) is 0. The van der Waals surface area contributed by atoms with Gasteiger partial charge in [-0.15, -0.1) is 0 Å². The second-order valence-corrected chi connectivity index (χ2v) is 9.81. The van der Waals surface area contributed by atoms with Crippen molar-refractivity contribution in [1.29, 1.82) is 0 Å². The Morgan fingerprint density at radius 3 is 2.75 bits per heavy atom. The predicted octanol–water partition coefficient (Wildman–Crippen LogP) is 5.01. The SMILES string of the molecule is CCCCCC(C[CH](C)[In]=[O])n1ccc2ccccc21. The normalized spacial score (nSPS) is 14.1. The van der Waals surface area contributed by atoms with Gasteiger partial charge in [-0.1, -0.05) is 0 Å². The van der Waals surface area contributed by atoms with Gasteiger partial charge >= 0.3 is 133 Å². The van der Waals surface area contributed by atoms with Crippen LogP contribution in [-0.4, -0.2) is 27.5 Å². The van der Waals surface area contributed by atoms with Crippen LogP contribution in [0, 0.1) is 0 Å². The molecule has 1 aromatic carbocycles. The van der Waals surface area contributed by atoms with E-state index in [0.717, 1.165) is 6.42 Å². The quantitative estimate of drug-likeness (QED) is 0.597. The number of aromatic nitrogens is 1.